The van der Waals surface area contributed by atoms with Gasteiger partial charge in [-0.3, -0.25) is 9.69 Å². The number of carbonyl (C=O) groups excluding carboxylic acids is 1. The van der Waals surface area contributed by atoms with Crippen LogP contribution in [-0.2, 0) is 22.4 Å². The molecule has 0 aliphatic carbocycles. The second kappa shape index (κ2) is 11.6. The first-order valence-corrected chi connectivity index (χ1v) is 12.0. The molecule has 180 valence electrons. The fraction of sp³-hybridized carbons (Fsp3) is 0.536. The second-order valence-corrected chi connectivity index (χ2v) is 10.3. The predicted octanol–water partition coefficient (Wildman–Crippen LogP) is 5.30. The summed E-state index contributed by atoms with van der Waals surface area (Å²) in [6.07, 6.45) is 4.06. The molecule has 0 N–H and O–H groups in total. The van der Waals surface area contributed by atoms with Crippen molar-refractivity contribution in [3.05, 3.63) is 59.7 Å². The number of ether oxygens (including phenoxy) is 3. The Morgan fingerprint density at radius 3 is 2.64 bits per heavy atom. The molecule has 3 rings (SSSR count). The Hall–Kier alpha value is -2.53. The highest BCUT2D eigenvalue weighted by Crippen LogP contribution is 2.26. The van der Waals surface area contributed by atoms with E-state index in [-0.39, 0.29) is 17.5 Å². The number of hydrogen-bond donors (Lipinski definition) is 0. The van der Waals surface area contributed by atoms with Crippen molar-refractivity contribution in [2.24, 2.45) is 5.41 Å². The molecule has 2 aromatic rings. The molecular weight excluding hydrogens is 414 g/mol. The van der Waals surface area contributed by atoms with Crippen molar-refractivity contribution in [1.82, 2.24) is 4.90 Å². The van der Waals surface area contributed by atoms with Crippen LogP contribution in [-0.4, -0.2) is 50.3 Å². The molecule has 0 unspecified atom stereocenters. The van der Waals surface area contributed by atoms with Gasteiger partial charge >= 0.3 is 5.97 Å². The summed E-state index contributed by atoms with van der Waals surface area (Å²) in [6, 6.07) is 16.9. The van der Waals surface area contributed by atoms with Crippen molar-refractivity contribution < 1.29 is 19.0 Å². The van der Waals surface area contributed by atoms with E-state index in [9.17, 15) is 4.79 Å². The maximum atomic E-state index is 12.2. The minimum atomic E-state index is -0.0947. The molecule has 2 atom stereocenters. The smallest absolute Gasteiger partial charge is 0.306 e. The molecule has 5 nitrogen and oxygen atoms in total. The summed E-state index contributed by atoms with van der Waals surface area (Å²) in [6.45, 7) is 7.61. The third kappa shape index (κ3) is 8.08. The molecule has 0 spiro atoms. The van der Waals surface area contributed by atoms with E-state index in [1.165, 1.54) is 11.1 Å². The molecule has 2 aromatic carbocycles. The van der Waals surface area contributed by atoms with Gasteiger partial charge in [0, 0.05) is 19.0 Å². The lowest BCUT2D eigenvalue weighted by molar-refractivity contribution is -0.150. The van der Waals surface area contributed by atoms with Crippen molar-refractivity contribution in [2.75, 3.05) is 27.3 Å². The van der Waals surface area contributed by atoms with Gasteiger partial charge in [-0.1, -0.05) is 51.1 Å². The van der Waals surface area contributed by atoms with Crippen LogP contribution in [0.4, 0.5) is 0 Å². The van der Waals surface area contributed by atoms with Gasteiger partial charge in [-0.15, -0.1) is 0 Å². The second-order valence-electron chi connectivity index (χ2n) is 10.3. The first-order chi connectivity index (χ1) is 15.7. The zero-order valence-corrected chi connectivity index (χ0v) is 20.8. The van der Waals surface area contributed by atoms with Gasteiger partial charge in [-0.05, 0) is 61.1 Å². The number of esters is 1. The quantitative estimate of drug-likeness (QED) is 0.457. The van der Waals surface area contributed by atoms with Gasteiger partial charge in [0.05, 0.1) is 20.1 Å². The van der Waals surface area contributed by atoms with E-state index in [1.54, 1.807) is 7.11 Å². The molecule has 0 bridgehead atoms. The number of methoxy groups -OCH3 is 1. The minimum Gasteiger partial charge on any atom is -0.497 e. The van der Waals surface area contributed by atoms with Crippen molar-refractivity contribution >= 4 is 5.97 Å². The van der Waals surface area contributed by atoms with Gasteiger partial charge < -0.3 is 14.2 Å². The molecule has 1 aliphatic heterocycles. The minimum absolute atomic E-state index is 0.0231. The lowest BCUT2D eigenvalue weighted by Gasteiger charge is -2.19. The van der Waals surface area contributed by atoms with Gasteiger partial charge in [-0.25, -0.2) is 0 Å². The SMILES string of the molecule is COc1cccc(CCc2ccccc2OCC[C@@H]2C[C@@H](OC(=O)CC(C)(C)C)CN2C)c1. The molecule has 5 heteroatoms. The molecule has 1 aliphatic rings. The van der Waals surface area contributed by atoms with Crippen molar-refractivity contribution in [3.8, 4) is 11.5 Å². The highest BCUT2D eigenvalue weighted by atomic mass is 16.5. The number of nitrogens with zero attached hydrogens (tertiary/aromatic N) is 1. The fourth-order valence-corrected chi connectivity index (χ4v) is 4.38. The third-order valence-electron chi connectivity index (χ3n) is 6.12. The van der Waals surface area contributed by atoms with E-state index in [2.05, 4.69) is 63.1 Å². The highest BCUT2D eigenvalue weighted by molar-refractivity contribution is 5.70. The number of carbonyl (C=O) groups is 1. The van der Waals surface area contributed by atoms with E-state index < -0.39 is 0 Å². The first kappa shape index (κ1) is 25.1. The third-order valence-corrected chi connectivity index (χ3v) is 6.12. The summed E-state index contributed by atoms with van der Waals surface area (Å²) in [7, 11) is 3.80. The Morgan fingerprint density at radius 2 is 1.88 bits per heavy atom. The van der Waals surface area contributed by atoms with Gasteiger partial charge in [-0.2, -0.15) is 0 Å². The number of hydrogen-bond acceptors (Lipinski definition) is 5. The Balaban J connectivity index is 1.47. The van der Waals surface area contributed by atoms with Gasteiger partial charge in [0.15, 0.2) is 0 Å². The first-order valence-electron chi connectivity index (χ1n) is 12.0. The van der Waals surface area contributed by atoms with Crippen LogP contribution in [0.25, 0.3) is 0 Å². The molecule has 0 saturated carbocycles. The molecule has 1 fully saturated rings. The Labute approximate surface area is 199 Å². The fourth-order valence-electron chi connectivity index (χ4n) is 4.38. The Bertz CT molecular complexity index is 905. The maximum absolute atomic E-state index is 12.2. The summed E-state index contributed by atoms with van der Waals surface area (Å²) in [5, 5.41) is 0. The van der Waals surface area contributed by atoms with Gasteiger partial charge in [0.25, 0.3) is 0 Å². The average molecular weight is 454 g/mol. The Morgan fingerprint density at radius 1 is 1.09 bits per heavy atom. The van der Waals surface area contributed by atoms with E-state index in [1.807, 2.05) is 18.2 Å². The zero-order chi connectivity index (χ0) is 23.8. The lowest BCUT2D eigenvalue weighted by atomic mass is 9.92. The van der Waals surface area contributed by atoms with Crippen LogP contribution >= 0.6 is 0 Å². The largest absolute Gasteiger partial charge is 0.497 e. The number of para-hydroxylation sites is 1. The number of likely N-dealkylation sites (N-methyl/N-ethyl adjacent to an activating group) is 1. The van der Waals surface area contributed by atoms with Gasteiger partial charge in [0.1, 0.15) is 17.6 Å². The molecular formula is C28H39NO4. The molecule has 1 heterocycles. The van der Waals surface area contributed by atoms with Crippen LogP contribution in [0.3, 0.4) is 0 Å². The summed E-state index contributed by atoms with van der Waals surface area (Å²) >= 11 is 0. The summed E-state index contributed by atoms with van der Waals surface area (Å²) in [5.41, 5.74) is 2.42. The summed E-state index contributed by atoms with van der Waals surface area (Å²) in [4.78, 5) is 14.5. The predicted molar refractivity (Wildman–Crippen MR) is 132 cm³/mol. The van der Waals surface area contributed by atoms with E-state index >= 15 is 0 Å². The monoisotopic (exact) mass is 453 g/mol. The zero-order valence-electron chi connectivity index (χ0n) is 20.8. The average Bonchev–Trinajstić information content (AvgIpc) is 3.10. The van der Waals surface area contributed by atoms with E-state index in [0.717, 1.165) is 43.7 Å². The number of rotatable bonds is 10. The standard InChI is InChI=1S/C28H39NO4/c1-28(2,3)19-27(30)33-25-18-23(29(4)20-25)15-16-32-26-12-7-6-10-22(26)14-13-21-9-8-11-24(17-21)31-5/h6-12,17,23,25H,13-16,18-20H2,1-5H3/t23-,25-/m1/s1. The molecule has 0 amide bonds. The highest BCUT2D eigenvalue weighted by Gasteiger charge is 2.32. The summed E-state index contributed by atoms with van der Waals surface area (Å²) < 4.78 is 17.3. The number of likely N-dealkylation sites (tertiary alicyclic amines) is 1. The van der Waals surface area contributed by atoms with Crippen LogP contribution in [0.15, 0.2) is 48.5 Å². The lowest BCUT2D eigenvalue weighted by Crippen LogP contribution is -2.27. The van der Waals surface area contributed by atoms with Crippen LogP contribution in [0.5, 0.6) is 11.5 Å². The van der Waals surface area contributed by atoms with Crippen molar-refractivity contribution in [3.63, 3.8) is 0 Å². The number of benzene rings is 2. The van der Waals surface area contributed by atoms with Crippen LogP contribution < -0.4 is 9.47 Å². The summed E-state index contributed by atoms with van der Waals surface area (Å²) in [5.74, 6) is 1.75. The molecule has 33 heavy (non-hydrogen) atoms. The van der Waals surface area contributed by atoms with Crippen LogP contribution in [0.2, 0.25) is 0 Å². The van der Waals surface area contributed by atoms with Gasteiger partial charge in [0.2, 0.25) is 0 Å². The number of aryl methyl sites for hydroxylation is 2. The maximum Gasteiger partial charge on any atom is 0.306 e. The van der Waals surface area contributed by atoms with E-state index in [0.29, 0.717) is 19.1 Å². The normalized spacial score (nSPS) is 18.8. The van der Waals surface area contributed by atoms with Crippen molar-refractivity contribution in [2.45, 2.75) is 65.0 Å². The van der Waals surface area contributed by atoms with Crippen LogP contribution in [0.1, 0.15) is 51.2 Å². The van der Waals surface area contributed by atoms with E-state index in [4.69, 9.17) is 14.2 Å². The topological polar surface area (TPSA) is 48.0 Å². The molecule has 0 radical (unpaired) electrons. The van der Waals surface area contributed by atoms with Crippen LogP contribution in [0, 0.1) is 5.41 Å². The molecule has 1 saturated heterocycles. The molecule has 0 aromatic heterocycles. The Kier molecular flexibility index (Phi) is 8.79. The van der Waals surface area contributed by atoms with Crippen molar-refractivity contribution in [1.29, 1.82) is 0 Å².